The molecule has 84 valence electrons. The van der Waals surface area contributed by atoms with Crippen LogP contribution in [0.1, 0.15) is 5.56 Å². The first kappa shape index (κ1) is 11.4. The van der Waals surface area contributed by atoms with E-state index in [0.29, 0.717) is 15.2 Å². The summed E-state index contributed by atoms with van der Waals surface area (Å²) in [5, 5.41) is 2.97. The van der Waals surface area contributed by atoms with E-state index in [1.54, 1.807) is 12.1 Å². The fourth-order valence-electron chi connectivity index (χ4n) is 1.47. The number of imide groups is 1. The molecule has 0 saturated carbocycles. The van der Waals surface area contributed by atoms with Crippen molar-refractivity contribution in [1.82, 2.24) is 5.32 Å². The van der Waals surface area contributed by atoms with Crippen molar-refractivity contribution in [3.8, 4) is 0 Å². The zero-order valence-corrected chi connectivity index (χ0v) is 10.7. The Morgan fingerprint density at radius 1 is 1.44 bits per heavy atom. The predicted molar refractivity (Wildman–Crippen MR) is 64.8 cm³/mol. The molecule has 0 aromatic heterocycles. The molecule has 1 heterocycles. The lowest BCUT2D eigenvalue weighted by molar-refractivity contribution is -0.115. The summed E-state index contributed by atoms with van der Waals surface area (Å²) in [6, 6.07) is 2.95. The van der Waals surface area contributed by atoms with Gasteiger partial charge in [0.2, 0.25) is 0 Å². The fraction of sp³-hybridized carbons (Fsp3) is 0.200. The van der Waals surface area contributed by atoms with Crippen LogP contribution in [0.3, 0.4) is 0 Å². The van der Waals surface area contributed by atoms with Crippen LogP contribution in [0.15, 0.2) is 16.6 Å². The number of rotatable bonds is 1. The van der Waals surface area contributed by atoms with Crippen LogP contribution in [-0.2, 0) is 4.79 Å². The molecule has 1 fully saturated rings. The van der Waals surface area contributed by atoms with Gasteiger partial charge in [-0.25, -0.2) is 9.69 Å². The van der Waals surface area contributed by atoms with E-state index in [4.69, 9.17) is 11.6 Å². The van der Waals surface area contributed by atoms with Crippen LogP contribution in [0.25, 0.3) is 0 Å². The zero-order chi connectivity index (χ0) is 11.9. The molecule has 3 amide bonds. The number of carbonyl (C=O) groups excluding carboxylic acids is 2. The smallest absolute Gasteiger partial charge is 0.328 e. The highest BCUT2D eigenvalue weighted by molar-refractivity contribution is 9.10. The lowest BCUT2D eigenvalue weighted by Gasteiger charge is -2.15. The average molecular weight is 304 g/mol. The Hall–Kier alpha value is -1.07. The molecule has 2 rings (SSSR count). The number of nitrogens with one attached hydrogen (secondary N) is 1. The van der Waals surface area contributed by atoms with Crippen molar-refractivity contribution < 1.29 is 9.59 Å². The van der Waals surface area contributed by atoms with Gasteiger partial charge >= 0.3 is 6.03 Å². The Kier molecular flexibility index (Phi) is 2.90. The van der Waals surface area contributed by atoms with Crippen LogP contribution in [0, 0.1) is 6.92 Å². The Balaban J connectivity index is 2.51. The van der Waals surface area contributed by atoms with Crippen LogP contribution in [-0.4, -0.2) is 18.5 Å². The summed E-state index contributed by atoms with van der Waals surface area (Å²) in [4.78, 5) is 24.1. The van der Waals surface area contributed by atoms with E-state index in [9.17, 15) is 9.59 Å². The monoisotopic (exact) mass is 302 g/mol. The summed E-state index contributed by atoms with van der Waals surface area (Å²) >= 11 is 9.28. The number of hydrogen-bond acceptors (Lipinski definition) is 2. The quantitative estimate of drug-likeness (QED) is 0.810. The van der Waals surface area contributed by atoms with E-state index in [1.165, 1.54) is 0 Å². The van der Waals surface area contributed by atoms with E-state index >= 15 is 0 Å². The first-order valence-electron chi connectivity index (χ1n) is 4.57. The third-order valence-electron chi connectivity index (χ3n) is 2.31. The summed E-state index contributed by atoms with van der Waals surface area (Å²) in [5.74, 6) is -0.286. The number of anilines is 1. The van der Waals surface area contributed by atoms with E-state index in [-0.39, 0.29) is 12.5 Å². The number of aryl methyl sites for hydroxylation is 1. The topological polar surface area (TPSA) is 49.4 Å². The van der Waals surface area contributed by atoms with Crippen molar-refractivity contribution in [3.05, 3.63) is 27.2 Å². The number of benzene rings is 1. The molecule has 1 aromatic rings. The van der Waals surface area contributed by atoms with Crippen LogP contribution in [0.5, 0.6) is 0 Å². The van der Waals surface area contributed by atoms with Gasteiger partial charge in [0.1, 0.15) is 0 Å². The minimum Gasteiger partial charge on any atom is -0.328 e. The van der Waals surface area contributed by atoms with Gasteiger partial charge in [-0.1, -0.05) is 11.6 Å². The molecule has 0 aliphatic carbocycles. The normalized spacial score (nSPS) is 15.6. The second-order valence-electron chi connectivity index (χ2n) is 3.44. The van der Waals surface area contributed by atoms with Crippen molar-refractivity contribution in [3.63, 3.8) is 0 Å². The molecule has 1 aromatic carbocycles. The lowest BCUT2D eigenvalue weighted by Crippen LogP contribution is -2.31. The Labute approximate surface area is 106 Å². The van der Waals surface area contributed by atoms with E-state index in [1.807, 2.05) is 6.92 Å². The summed E-state index contributed by atoms with van der Waals surface area (Å²) in [7, 11) is 0. The van der Waals surface area contributed by atoms with Crippen LogP contribution in [0.4, 0.5) is 10.5 Å². The molecule has 0 radical (unpaired) electrons. The van der Waals surface area contributed by atoms with Gasteiger partial charge in [-0.2, -0.15) is 0 Å². The van der Waals surface area contributed by atoms with Gasteiger partial charge < -0.3 is 5.32 Å². The molecule has 16 heavy (non-hydrogen) atoms. The van der Waals surface area contributed by atoms with Crippen LogP contribution >= 0.6 is 27.5 Å². The van der Waals surface area contributed by atoms with Gasteiger partial charge in [-0.3, -0.25) is 4.79 Å². The van der Waals surface area contributed by atoms with Gasteiger partial charge in [0.15, 0.2) is 0 Å². The molecule has 4 nitrogen and oxygen atoms in total. The number of amides is 3. The molecule has 6 heteroatoms. The minimum absolute atomic E-state index is 0.0246. The standard InChI is InChI=1S/C10H8BrClN2O2/c1-5-2-6(11)8(3-7(5)12)14-9(15)4-13-10(14)16/h2-3H,4H2,1H3,(H,13,16). The lowest BCUT2D eigenvalue weighted by atomic mass is 10.2. The number of halogens is 2. The average Bonchev–Trinajstić information content (AvgIpc) is 2.53. The zero-order valence-electron chi connectivity index (χ0n) is 8.38. The van der Waals surface area contributed by atoms with Crippen molar-refractivity contribution in [2.75, 3.05) is 11.4 Å². The van der Waals surface area contributed by atoms with Crippen molar-refractivity contribution >= 4 is 45.2 Å². The Morgan fingerprint density at radius 3 is 2.69 bits per heavy atom. The highest BCUT2D eigenvalue weighted by Crippen LogP contribution is 2.32. The molecule has 0 spiro atoms. The number of nitrogens with zero attached hydrogens (tertiary/aromatic N) is 1. The highest BCUT2D eigenvalue weighted by atomic mass is 79.9. The maximum Gasteiger partial charge on any atom is 0.329 e. The molecule has 1 saturated heterocycles. The van der Waals surface area contributed by atoms with Gasteiger partial charge in [0.05, 0.1) is 12.2 Å². The highest BCUT2D eigenvalue weighted by Gasteiger charge is 2.31. The molecular formula is C10H8BrClN2O2. The minimum atomic E-state index is -0.425. The van der Waals surface area contributed by atoms with Crippen molar-refractivity contribution in [2.24, 2.45) is 0 Å². The number of urea groups is 1. The summed E-state index contributed by atoms with van der Waals surface area (Å²) in [6.07, 6.45) is 0. The van der Waals surface area contributed by atoms with Crippen LogP contribution in [0.2, 0.25) is 5.02 Å². The SMILES string of the molecule is Cc1cc(Br)c(N2C(=O)CNC2=O)cc1Cl. The number of hydrogen-bond donors (Lipinski definition) is 1. The maximum atomic E-state index is 11.5. The summed E-state index contributed by atoms with van der Waals surface area (Å²) < 4.78 is 0.666. The first-order valence-corrected chi connectivity index (χ1v) is 5.74. The van der Waals surface area contributed by atoms with Crippen molar-refractivity contribution in [1.29, 1.82) is 0 Å². The molecule has 1 aliphatic heterocycles. The third kappa shape index (κ3) is 1.81. The van der Waals surface area contributed by atoms with E-state index in [2.05, 4.69) is 21.2 Å². The molecule has 1 aliphatic rings. The van der Waals surface area contributed by atoms with Crippen molar-refractivity contribution in [2.45, 2.75) is 6.92 Å². The second-order valence-corrected chi connectivity index (χ2v) is 4.70. The van der Waals surface area contributed by atoms with E-state index < -0.39 is 6.03 Å². The fourth-order valence-corrected chi connectivity index (χ4v) is 2.27. The molecular weight excluding hydrogens is 295 g/mol. The molecule has 1 N–H and O–H groups in total. The first-order chi connectivity index (χ1) is 7.50. The molecule has 0 atom stereocenters. The van der Waals surface area contributed by atoms with Gasteiger partial charge in [-0.15, -0.1) is 0 Å². The number of carbonyl (C=O) groups is 2. The Bertz CT molecular complexity index is 474. The van der Waals surface area contributed by atoms with E-state index in [0.717, 1.165) is 10.5 Å². The summed E-state index contributed by atoms with van der Waals surface area (Å²) in [5.41, 5.74) is 1.35. The predicted octanol–water partition coefficient (Wildman–Crippen LogP) is 2.47. The molecule has 0 unspecified atom stereocenters. The second kappa shape index (κ2) is 4.07. The third-order valence-corrected chi connectivity index (χ3v) is 3.35. The molecule has 0 bridgehead atoms. The Morgan fingerprint density at radius 2 is 2.12 bits per heavy atom. The van der Waals surface area contributed by atoms with Gasteiger partial charge in [0, 0.05) is 9.50 Å². The van der Waals surface area contributed by atoms with Gasteiger partial charge in [0.25, 0.3) is 5.91 Å². The van der Waals surface area contributed by atoms with Gasteiger partial charge in [-0.05, 0) is 40.5 Å². The largest absolute Gasteiger partial charge is 0.329 e. The van der Waals surface area contributed by atoms with Crippen LogP contribution < -0.4 is 10.2 Å². The maximum absolute atomic E-state index is 11.5. The summed E-state index contributed by atoms with van der Waals surface area (Å²) in [6.45, 7) is 1.87.